The van der Waals surface area contributed by atoms with Crippen molar-refractivity contribution in [1.29, 1.82) is 0 Å². The van der Waals surface area contributed by atoms with E-state index in [1.54, 1.807) is 20.2 Å². The number of carbonyl (C=O) groups excluding carboxylic acids is 1. The lowest BCUT2D eigenvalue weighted by atomic mass is 10.1. The summed E-state index contributed by atoms with van der Waals surface area (Å²) in [5.74, 6) is 0.0501. The second-order valence-electron chi connectivity index (χ2n) is 4.41. The molecule has 1 aromatic heterocycles. The molecule has 1 atom stereocenters. The Morgan fingerprint density at radius 2 is 2.15 bits per heavy atom. The maximum absolute atomic E-state index is 11.7. The molecule has 5 nitrogen and oxygen atoms in total. The van der Waals surface area contributed by atoms with Gasteiger partial charge in [-0.05, 0) is 32.0 Å². The molecule has 0 radical (unpaired) electrons. The number of hydrogen-bond donors (Lipinski definition) is 1. The number of rotatable bonds is 5. The Morgan fingerprint density at radius 3 is 2.75 bits per heavy atom. The number of hydrogen-bond acceptors (Lipinski definition) is 4. The first-order chi connectivity index (χ1) is 9.62. The van der Waals surface area contributed by atoms with Gasteiger partial charge in [-0.3, -0.25) is 0 Å². The normalized spacial score (nSPS) is 12.4. The van der Waals surface area contributed by atoms with Crippen molar-refractivity contribution in [3.63, 3.8) is 0 Å². The van der Waals surface area contributed by atoms with Crippen LogP contribution in [0, 0.1) is 0 Å². The molecule has 0 spiro atoms. The van der Waals surface area contributed by atoms with Crippen molar-refractivity contribution >= 4 is 16.9 Å². The number of esters is 1. The number of ether oxygens (including phenoxy) is 2. The van der Waals surface area contributed by atoms with E-state index >= 15 is 0 Å². The van der Waals surface area contributed by atoms with E-state index in [4.69, 9.17) is 9.47 Å². The standard InChI is InChI=1S/C15H19NO4/c1-4-16-9-12(14(17)15(18)20-5-2)11-8-10(19-3)6-7-13(11)16/h6-9,14,17H,4-5H2,1-3H3. The van der Waals surface area contributed by atoms with Crippen molar-refractivity contribution < 1.29 is 19.4 Å². The number of aromatic nitrogens is 1. The smallest absolute Gasteiger partial charge is 0.339 e. The lowest BCUT2D eigenvalue weighted by Gasteiger charge is -2.08. The molecule has 5 heteroatoms. The molecule has 2 aromatic rings. The van der Waals surface area contributed by atoms with Gasteiger partial charge >= 0.3 is 5.97 Å². The zero-order valence-electron chi connectivity index (χ0n) is 11.9. The minimum atomic E-state index is -1.28. The summed E-state index contributed by atoms with van der Waals surface area (Å²) in [6.07, 6.45) is 0.503. The number of benzene rings is 1. The lowest BCUT2D eigenvalue weighted by molar-refractivity contribution is -0.153. The summed E-state index contributed by atoms with van der Waals surface area (Å²) in [5, 5.41) is 11.0. The predicted octanol–water partition coefficient (Wildman–Crippen LogP) is 2.27. The Hall–Kier alpha value is -2.01. The number of aliphatic hydroxyl groups excluding tert-OH is 1. The number of nitrogens with zero attached hydrogens (tertiary/aromatic N) is 1. The zero-order valence-corrected chi connectivity index (χ0v) is 11.9. The summed E-state index contributed by atoms with van der Waals surface area (Å²) in [6.45, 7) is 4.71. The van der Waals surface area contributed by atoms with Crippen LogP contribution in [0.5, 0.6) is 5.75 Å². The van der Waals surface area contributed by atoms with Gasteiger partial charge in [0.1, 0.15) is 5.75 Å². The molecule has 0 saturated carbocycles. The highest BCUT2D eigenvalue weighted by atomic mass is 16.5. The second-order valence-corrected chi connectivity index (χ2v) is 4.41. The molecule has 20 heavy (non-hydrogen) atoms. The SMILES string of the molecule is CCOC(=O)C(O)c1cn(CC)c2ccc(OC)cc12. The maximum Gasteiger partial charge on any atom is 0.339 e. The van der Waals surface area contributed by atoms with Crippen LogP contribution in [0.25, 0.3) is 10.9 Å². The molecule has 2 rings (SSSR count). The summed E-state index contributed by atoms with van der Waals surface area (Å²) in [6, 6.07) is 5.59. The first kappa shape index (κ1) is 14.4. The van der Waals surface area contributed by atoms with Crippen LogP contribution in [-0.2, 0) is 16.1 Å². The third-order valence-electron chi connectivity index (χ3n) is 3.26. The molecular formula is C15H19NO4. The molecule has 0 aliphatic rings. The van der Waals surface area contributed by atoms with Crippen molar-refractivity contribution in [2.45, 2.75) is 26.5 Å². The van der Waals surface area contributed by atoms with Crippen LogP contribution in [0.3, 0.4) is 0 Å². The third-order valence-corrected chi connectivity index (χ3v) is 3.26. The molecule has 0 amide bonds. The van der Waals surface area contributed by atoms with Crippen LogP contribution in [0.15, 0.2) is 24.4 Å². The van der Waals surface area contributed by atoms with Crippen LogP contribution in [0.2, 0.25) is 0 Å². The van der Waals surface area contributed by atoms with Gasteiger partial charge in [0, 0.05) is 29.2 Å². The number of carbonyl (C=O) groups is 1. The molecule has 1 N–H and O–H groups in total. The molecule has 0 fully saturated rings. The van der Waals surface area contributed by atoms with E-state index < -0.39 is 12.1 Å². The van der Waals surface area contributed by atoms with E-state index in [9.17, 15) is 9.90 Å². The van der Waals surface area contributed by atoms with Gasteiger partial charge in [0.2, 0.25) is 0 Å². The summed E-state index contributed by atoms with van der Waals surface area (Å²) in [4.78, 5) is 11.7. The van der Waals surface area contributed by atoms with Gasteiger partial charge in [-0.25, -0.2) is 4.79 Å². The first-order valence-corrected chi connectivity index (χ1v) is 6.63. The van der Waals surface area contributed by atoms with Gasteiger partial charge in [0.05, 0.1) is 13.7 Å². The van der Waals surface area contributed by atoms with Crippen LogP contribution in [0.4, 0.5) is 0 Å². The molecule has 0 aliphatic carbocycles. The van der Waals surface area contributed by atoms with Gasteiger partial charge in [-0.2, -0.15) is 0 Å². The zero-order chi connectivity index (χ0) is 14.7. The molecule has 1 aromatic carbocycles. The lowest BCUT2D eigenvalue weighted by Crippen LogP contribution is -2.15. The summed E-state index contributed by atoms with van der Waals surface area (Å²) in [5.41, 5.74) is 1.49. The van der Waals surface area contributed by atoms with Crippen LogP contribution >= 0.6 is 0 Å². The number of fused-ring (bicyclic) bond motifs is 1. The third kappa shape index (κ3) is 2.49. The van der Waals surface area contributed by atoms with Gasteiger partial charge in [0.15, 0.2) is 6.10 Å². The van der Waals surface area contributed by atoms with Gasteiger partial charge in [0.25, 0.3) is 0 Å². The summed E-state index contributed by atoms with van der Waals surface area (Å²) >= 11 is 0. The van der Waals surface area contributed by atoms with Crippen LogP contribution in [-0.4, -0.2) is 29.4 Å². The minimum Gasteiger partial charge on any atom is -0.497 e. The Morgan fingerprint density at radius 1 is 1.40 bits per heavy atom. The van der Waals surface area contributed by atoms with E-state index in [0.717, 1.165) is 17.4 Å². The fourth-order valence-corrected chi connectivity index (χ4v) is 2.26. The van der Waals surface area contributed by atoms with Gasteiger partial charge in [-0.1, -0.05) is 0 Å². The number of aliphatic hydroxyl groups is 1. The van der Waals surface area contributed by atoms with Crippen molar-refractivity contribution in [3.8, 4) is 5.75 Å². The topological polar surface area (TPSA) is 60.7 Å². The average Bonchev–Trinajstić information content (AvgIpc) is 2.84. The quantitative estimate of drug-likeness (QED) is 0.852. The Labute approximate surface area is 117 Å². The second kappa shape index (κ2) is 5.96. The van der Waals surface area contributed by atoms with Crippen molar-refractivity contribution in [2.24, 2.45) is 0 Å². The summed E-state index contributed by atoms with van der Waals surface area (Å²) < 4.78 is 12.1. The first-order valence-electron chi connectivity index (χ1n) is 6.63. The Kier molecular flexibility index (Phi) is 4.29. The minimum absolute atomic E-state index is 0.242. The molecule has 0 bridgehead atoms. The average molecular weight is 277 g/mol. The van der Waals surface area contributed by atoms with Crippen LogP contribution < -0.4 is 4.74 Å². The van der Waals surface area contributed by atoms with Gasteiger partial charge < -0.3 is 19.1 Å². The highest BCUT2D eigenvalue weighted by Gasteiger charge is 2.23. The Bertz CT molecular complexity index is 618. The molecular weight excluding hydrogens is 258 g/mol. The van der Waals surface area contributed by atoms with Crippen molar-refractivity contribution in [2.75, 3.05) is 13.7 Å². The fraction of sp³-hybridized carbons (Fsp3) is 0.400. The molecule has 1 unspecified atom stereocenters. The molecule has 0 saturated heterocycles. The molecule has 0 aliphatic heterocycles. The maximum atomic E-state index is 11.7. The Balaban J connectivity index is 2.53. The number of methoxy groups -OCH3 is 1. The predicted molar refractivity (Wildman–Crippen MR) is 75.8 cm³/mol. The number of aryl methyl sites for hydroxylation is 1. The van der Waals surface area contributed by atoms with E-state index in [0.29, 0.717) is 11.3 Å². The van der Waals surface area contributed by atoms with E-state index in [1.807, 2.05) is 29.7 Å². The van der Waals surface area contributed by atoms with Crippen LogP contribution in [0.1, 0.15) is 25.5 Å². The fourth-order valence-electron chi connectivity index (χ4n) is 2.26. The monoisotopic (exact) mass is 277 g/mol. The highest BCUT2D eigenvalue weighted by Crippen LogP contribution is 2.30. The van der Waals surface area contributed by atoms with Gasteiger partial charge in [-0.15, -0.1) is 0 Å². The molecule has 1 heterocycles. The molecule has 108 valence electrons. The highest BCUT2D eigenvalue weighted by molar-refractivity contribution is 5.90. The van der Waals surface area contributed by atoms with Crippen molar-refractivity contribution in [3.05, 3.63) is 30.0 Å². The largest absolute Gasteiger partial charge is 0.497 e. The van der Waals surface area contributed by atoms with E-state index in [2.05, 4.69) is 0 Å². The summed E-state index contributed by atoms with van der Waals surface area (Å²) in [7, 11) is 1.58. The van der Waals surface area contributed by atoms with E-state index in [1.165, 1.54) is 0 Å². The van der Waals surface area contributed by atoms with E-state index in [-0.39, 0.29) is 6.61 Å². The van der Waals surface area contributed by atoms with Crippen molar-refractivity contribution in [1.82, 2.24) is 4.57 Å².